The summed E-state index contributed by atoms with van der Waals surface area (Å²) >= 11 is 4.93. The van der Waals surface area contributed by atoms with Crippen LogP contribution in [0.5, 0.6) is 0 Å². The Labute approximate surface area is 218 Å². The maximum Gasteiger partial charge on any atom is 0.171 e. The summed E-state index contributed by atoms with van der Waals surface area (Å²) in [5, 5.41) is 11.1. The van der Waals surface area contributed by atoms with Gasteiger partial charge < -0.3 is 5.11 Å². The van der Waals surface area contributed by atoms with E-state index in [2.05, 4.69) is 88.7 Å². The largest absolute Gasteiger partial charge is 0.381 e. The maximum atomic E-state index is 13.6. The number of Topliss-reactive ketones (excluding diaryl/α,β-unsaturated/α-hetero) is 1. The van der Waals surface area contributed by atoms with E-state index in [4.69, 9.17) is 0 Å². The van der Waals surface area contributed by atoms with Gasteiger partial charge in [0, 0.05) is 14.9 Å². The average molecular weight is 542 g/mol. The molecule has 4 aromatic rings. The zero-order chi connectivity index (χ0) is 23.9. The smallest absolute Gasteiger partial charge is 0.171 e. The Morgan fingerprint density at radius 3 is 2.23 bits per heavy atom. The second-order valence-electron chi connectivity index (χ2n) is 9.47. The molecular formula is C31H25BrO2S. The number of hydrogen-bond acceptors (Lipinski definition) is 3. The number of aliphatic hydroxyl groups excluding tert-OH is 1. The highest BCUT2D eigenvalue weighted by Crippen LogP contribution is 2.50. The standard InChI is InChI=1S/C31H25BrO2S/c32-24-15-13-20(14-16-24)19-9-11-21(12-10-19)23-17-22-5-1-2-6-25(22)27(18-23)29-30(33)26-7-3-4-8-28(26)35-31(29)34/h1-16,23,27,29,31,34H,17-18H2. The van der Waals surface area contributed by atoms with Crippen LogP contribution in [0, 0.1) is 5.92 Å². The number of aliphatic hydroxyl groups is 1. The second-order valence-corrected chi connectivity index (χ2v) is 11.5. The van der Waals surface area contributed by atoms with Crippen molar-refractivity contribution in [3.8, 4) is 11.1 Å². The molecule has 0 amide bonds. The number of halogens is 1. The van der Waals surface area contributed by atoms with E-state index in [1.807, 2.05) is 24.3 Å². The summed E-state index contributed by atoms with van der Waals surface area (Å²) in [4.78, 5) is 14.5. The molecule has 0 aromatic heterocycles. The van der Waals surface area contributed by atoms with E-state index in [-0.39, 0.29) is 11.7 Å². The highest BCUT2D eigenvalue weighted by atomic mass is 79.9. The topological polar surface area (TPSA) is 37.3 Å². The summed E-state index contributed by atoms with van der Waals surface area (Å²) < 4.78 is 1.07. The van der Waals surface area contributed by atoms with Crippen molar-refractivity contribution in [3.63, 3.8) is 0 Å². The summed E-state index contributed by atoms with van der Waals surface area (Å²) in [6, 6.07) is 33.4. The van der Waals surface area contributed by atoms with Gasteiger partial charge in [-0.2, -0.15) is 0 Å². The van der Waals surface area contributed by atoms with Crippen LogP contribution in [-0.4, -0.2) is 16.3 Å². The summed E-state index contributed by atoms with van der Waals surface area (Å²) in [5.41, 5.74) is 6.18. The summed E-state index contributed by atoms with van der Waals surface area (Å²) in [5.74, 6) is -0.0886. The van der Waals surface area contributed by atoms with Crippen molar-refractivity contribution in [1.29, 1.82) is 0 Å². The summed E-state index contributed by atoms with van der Waals surface area (Å²) in [6.07, 6.45) is 1.80. The lowest BCUT2D eigenvalue weighted by molar-refractivity contribution is 0.0761. The first kappa shape index (κ1) is 22.8. The Bertz CT molecular complexity index is 1380. The molecule has 0 saturated heterocycles. The number of carbonyl (C=O) groups excluding carboxylic acids is 1. The molecule has 35 heavy (non-hydrogen) atoms. The fourth-order valence-electron chi connectivity index (χ4n) is 5.72. The molecular weight excluding hydrogens is 516 g/mol. The Kier molecular flexibility index (Phi) is 6.13. The van der Waals surface area contributed by atoms with E-state index in [0.717, 1.165) is 27.8 Å². The Hall–Kier alpha value is -2.66. The number of rotatable bonds is 3. The first-order valence-corrected chi connectivity index (χ1v) is 13.7. The number of carbonyl (C=O) groups is 1. The van der Waals surface area contributed by atoms with Crippen LogP contribution in [0.2, 0.25) is 0 Å². The van der Waals surface area contributed by atoms with Crippen molar-refractivity contribution >= 4 is 33.5 Å². The fraction of sp³-hybridized carbons (Fsp3) is 0.194. The van der Waals surface area contributed by atoms with Crippen molar-refractivity contribution in [2.24, 2.45) is 5.92 Å². The number of ketones is 1. The van der Waals surface area contributed by atoms with E-state index < -0.39 is 11.4 Å². The number of fused-ring (bicyclic) bond motifs is 2. The molecule has 1 aliphatic carbocycles. The van der Waals surface area contributed by atoms with Crippen LogP contribution in [0.1, 0.15) is 45.3 Å². The van der Waals surface area contributed by atoms with Gasteiger partial charge in [-0.15, -0.1) is 0 Å². The molecule has 1 aliphatic heterocycles. The SMILES string of the molecule is O=C1c2ccccc2SC(O)C1C1CC(c2ccc(-c3ccc(Br)cc3)cc2)Cc2ccccc21. The van der Waals surface area contributed by atoms with Crippen LogP contribution in [0.15, 0.2) is 106 Å². The Morgan fingerprint density at radius 1 is 0.800 bits per heavy atom. The molecule has 6 rings (SSSR count). The first-order chi connectivity index (χ1) is 17.1. The quantitative estimate of drug-likeness (QED) is 0.287. The highest BCUT2D eigenvalue weighted by Gasteiger charge is 2.43. The molecule has 0 radical (unpaired) electrons. The maximum absolute atomic E-state index is 13.6. The van der Waals surface area contributed by atoms with Gasteiger partial charge in [0.15, 0.2) is 5.78 Å². The summed E-state index contributed by atoms with van der Waals surface area (Å²) in [7, 11) is 0. The Balaban J connectivity index is 1.33. The molecule has 2 nitrogen and oxygen atoms in total. The lowest BCUT2D eigenvalue weighted by atomic mass is 9.68. The zero-order valence-electron chi connectivity index (χ0n) is 19.1. The van der Waals surface area contributed by atoms with Crippen molar-refractivity contribution in [2.75, 3.05) is 0 Å². The van der Waals surface area contributed by atoms with Gasteiger partial charge in [0.25, 0.3) is 0 Å². The molecule has 4 heteroatoms. The van der Waals surface area contributed by atoms with Crippen molar-refractivity contribution in [1.82, 2.24) is 0 Å². The van der Waals surface area contributed by atoms with Crippen LogP contribution in [0.3, 0.4) is 0 Å². The van der Waals surface area contributed by atoms with E-state index >= 15 is 0 Å². The van der Waals surface area contributed by atoms with Crippen LogP contribution < -0.4 is 0 Å². The van der Waals surface area contributed by atoms with Crippen LogP contribution in [-0.2, 0) is 6.42 Å². The van der Waals surface area contributed by atoms with E-state index in [1.165, 1.54) is 39.6 Å². The molecule has 4 atom stereocenters. The van der Waals surface area contributed by atoms with Crippen molar-refractivity contribution in [3.05, 3.63) is 124 Å². The van der Waals surface area contributed by atoms with Gasteiger partial charge in [0.2, 0.25) is 0 Å². The lowest BCUT2D eigenvalue weighted by Gasteiger charge is -2.39. The molecule has 4 unspecified atom stereocenters. The molecule has 2 aliphatic rings. The monoisotopic (exact) mass is 540 g/mol. The van der Waals surface area contributed by atoms with Gasteiger partial charge in [-0.05, 0) is 70.7 Å². The van der Waals surface area contributed by atoms with Crippen LogP contribution >= 0.6 is 27.7 Å². The Morgan fingerprint density at radius 2 is 1.46 bits per heavy atom. The fourth-order valence-corrected chi connectivity index (χ4v) is 7.15. The molecule has 0 fully saturated rings. The number of hydrogen-bond donors (Lipinski definition) is 1. The number of benzene rings is 4. The summed E-state index contributed by atoms with van der Waals surface area (Å²) in [6.45, 7) is 0. The third-order valence-electron chi connectivity index (χ3n) is 7.46. The minimum Gasteiger partial charge on any atom is -0.381 e. The highest BCUT2D eigenvalue weighted by molar-refractivity contribution is 9.10. The molecule has 0 spiro atoms. The van der Waals surface area contributed by atoms with Gasteiger partial charge in [0.1, 0.15) is 5.44 Å². The van der Waals surface area contributed by atoms with Crippen LogP contribution in [0.25, 0.3) is 11.1 Å². The molecule has 4 aromatic carbocycles. The minimum atomic E-state index is -0.742. The lowest BCUT2D eigenvalue weighted by Crippen LogP contribution is -2.37. The van der Waals surface area contributed by atoms with E-state index in [9.17, 15) is 9.90 Å². The third-order valence-corrected chi connectivity index (χ3v) is 9.14. The number of thioether (sulfide) groups is 1. The van der Waals surface area contributed by atoms with Crippen LogP contribution in [0.4, 0.5) is 0 Å². The van der Waals surface area contributed by atoms with Gasteiger partial charge in [-0.25, -0.2) is 0 Å². The van der Waals surface area contributed by atoms with E-state index in [0.29, 0.717) is 5.92 Å². The second kappa shape index (κ2) is 9.42. The molecule has 0 saturated carbocycles. The van der Waals surface area contributed by atoms with Gasteiger partial charge in [0.05, 0.1) is 5.92 Å². The van der Waals surface area contributed by atoms with E-state index in [1.54, 1.807) is 0 Å². The van der Waals surface area contributed by atoms with Gasteiger partial charge in [-0.3, -0.25) is 4.79 Å². The first-order valence-electron chi connectivity index (χ1n) is 12.0. The predicted molar refractivity (Wildman–Crippen MR) is 146 cm³/mol. The normalized spacial score (nSPS) is 23.4. The van der Waals surface area contributed by atoms with Gasteiger partial charge >= 0.3 is 0 Å². The molecule has 174 valence electrons. The third kappa shape index (κ3) is 4.29. The molecule has 1 heterocycles. The minimum absolute atomic E-state index is 0.0144. The molecule has 1 N–H and O–H groups in total. The van der Waals surface area contributed by atoms with Crippen molar-refractivity contribution in [2.45, 2.75) is 35.0 Å². The average Bonchev–Trinajstić information content (AvgIpc) is 2.89. The molecule has 0 bridgehead atoms. The van der Waals surface area contributed by atoms with Gasteiger partial charge in [-0.1, -0.05) is 107 Å². The predicted octanol–water partition coefficient (Wildman–Crippen LogP) is 7.85. The van der Waals surface area contributed by atoms with Crippen molar-refractivity contribution < 1.29 is 9.90 Å². The zero-order valence-corrected chi connectivity index (χ0v) is 21.5.